The van der Waals surface area contributed by atoms with Crippen molar-refractivity contribution >= 4 is 0 Å². The zero-order valence-electron chi connectivity index (χ0n) is 3.16. The van der Waals surface area contributed by atoms with Crippen LogP contribution >= 0.6 is 0 Å². The molecule has 0 aliphatic heterocycles. The molecule has 5 heavy (non-hydrogen) atoms. The van der Waals surface area contributed by atoms with Crippen molar-refractivity contribution in [1.82, 2.24) is 0 Å². The zero-order chi connectivity index (χ0) is 0. The SMILES string of the molecule is F.[F-].[F-].[Na+].[Na+]. The van der Waals surface area contributed by atoms with Crippen LogP contribution in [-0.4, -0.2) is 0 Å². The summed E-state index contributed by atoms with van der Waals surface area (Å²) in [6.45, 7) is 0. The Kier molecular flexibility index (Phi) is 589. The van der Waals surface area contributed by atoms with E-state index in [0.29, 0.717) is 0 Å². The van der Waals surface area contributed by atoms with E-state index in [0.717, 1.165) is 0 Å². The van der Waals surface area contributed by atoms with Crippen molar-refractivity contribution in [1.29, 1.82) is 0 Å². The van der Waals surface area contributed by atoms with Crippen molar-refractivity contribution in [2.75, 3.05) is 0 Å². The summed E-state index contributed by atoms with van der Waals surface area (Å²) in [7, 11) is 0. The monoisotopic (exact) mass is 104 g/mol. The second kappa shape index (κ2) is 41.5. The Labute approximate surface area is 72.4 Å². The van der Waals surface area contributed by atoms with Crippen LogP contribution in [-0.2, 0) is 0 Å². The van der Waals surface area contributed by atoms with Crippen LogP contribution < -0.4 is 68.5 Å². The minimum Gasteiger partial charge on any atom is -1.00 e. The molecule has 0 aromatic heterocycles. The summed E-state index contributed by atoms with van der Waals surface area (Å²) in [6, 6.07) is 0. The molecular formula is HF3Na2. The van der Waals surface area contributed by atoms with Crippen molar-refractivity contribution in [3.05, 3.63) is 0 Å². The first kappa shape index (κ1) is 71.0. The second-order valence-corrected chi connectivity index (χ2v) is 0. The Morgan fingerprint density at radius 3 is 0.600 bits per heavy atom. The van der Waals surface area contributed by atoms with E-state index in [4.69, 9.17) is 0 Å². The Balaban J connectivity index is 0. The van der Waals surface area contributed by atoms with Gasteiger partial charge in [0.15, 0.2) is 0 Å². The molecule has 0 saturated heterocycles. The summed E-state index contributed by atoms with van der Waals surface area (Å²) in [4.78, 5) is 0. The molecule has 0 N–H and O–H groups in total. The molecular weight excluding hydrogens is 103 g/mol. The largest absolute Gasteiger partial charge is 1.00 e. The van der Waals surface area contributed by atoms with E-state index in [9.17, 15) is 0 Å². The van der Waals surface area contributed by atoms with Gasteiger partial charge in [-0.1, -0.05) is 0 Å². The van der Waals surface area contributed by atoms with Gasteiger partial charge >= 0.3 is 59.1 Å². The molecule has 0 rings (SSSR count). The van der Waals surface area contributed by atoms with Crippen molar-refractivity contribution in [3.8, 4) is 0 Å². The average Bonchev–Trinajstić information content (AvgIpc) is 0. The maximum atomic E-state index is 0. The van der Waals surface area contributed by atoms with E-state index in [2.05, 4.69) is 0 Å². The molecule has 0 atom stereocenters. The molecule has 0 radical (unpaired) electrons. The predicted molar refractivity (Wildman–Crippen MR) is 2.50 cm³/mol. The Bertz CT molecular complexity index is 4.85. The number of hydrogen-bond donors (Lipinski definition) is 0. The van der Waals surface area contributed by atoms with Gasteiger partial charge in [-0.15, -0.1) is 0 Å². The fraction of sp³-hybridized carbons (Fsp3) is 0. The summed E-state index contributed by atoms with van der Waals surface area (Å²) >= 11 is 0. The van der Waals surface area contributed by atoms with E-state index in [1.165, 1.54) is 0 Å². The maximum Gasteiger partial charge on any atom is 1.00 e. The minimum absolute atomic E-state index is 0. The van der Waals surface area contributed by atoms with Gasteiger partial charge in [0, 0.05) is 0 Å². The quantitative estimate of drug-likeness (QED) is 0.268. The molecule has 5 heteroatoms. The molecule has 0 aromatic carbocycles. The number of halogens is 3. The van der Waals surface area contributed by atoms with Crippen molar-refractivity contribution in [3.63, 3.8) is 0 Å². The van der Waals surface area contributed by atoms with Gasteiger partial charge in [-0.2, -0.15) is 0 Å². The topological polar surface area (TPSA) is 0 Å². The van der Waals surface area contributed by atoms with Gasteiger partial charge < -0.3 is 9.41 Å². The number of rotatable bonds is 0. The van der Waals surface area contributed by atoms with E-state index < -0.39 is 0 Å². The van der Waals surface area contributed by atoms with E-state index in [1.807, 2.05) is 0 Å². The summed E-state index contributed by atoms with van der Waals surface area (Å²) in [6.07, 6.45) is 0. The van der Waals surface area contributed by atoms with Gasteiger partial charge in [0.2, 0.25) is 0 Å². The van der Waals surface area contributed by atoms with Crippen LogP contribution in [0.3, 0.4) is 0 Å². The van der Waals surface area contributed by atoms with Gasteiger partial charge in [0.25, 0.3) is 0 Å². The van der Waals surface area contributed by atoms with Gasteiger partial charge in [-0.25, -0.2) is 0 Å². The third-order valence-electron chi connectivity index (χ3n) is 0. The van der Waals surface area contributed by atoms with Crippen LogP contribution in [0.1, 0.15) is 0 Å². The fourth-order valence-electron chi connectivity index (χ4n) is 0. The molecule has 24 valence electrons. The maximum absolute atomic E-state index is 0. The smallest absolute Gasteiger partial charge is 1.00 e. The zero-order valence-corrected chi connectivity index (χ0v) is 7.16. The molecule has 0 nitrogen and oxygen atoms in total. The van der Waals surface area contributed by atoms with Gasteiger partial charge in [0.1, 0.15) is 0 Å². The second-order valence-electron chi connectivity index (χ2n) is 0. The fourth-order valence-corrected chi connectivity index (χ4v) is 0. The molecule has 0 saturated carbocycles. The van der Waals surface area contributed by atoms with Crippen LogP contribution in [0.2, 0.25) is 0 Å². The summed E-state index contributed by atoms with van der Waals surface area (Å²) in [5.41, 5.74) is 0. The first-order chi connectivity index (χ1) is 0. The van der Waals surface area contributed by atoms with Gasteiger partial charge in [-0.05, 0) is 0 Å². The van der Waals surface area contributed by atoms with E-state index in [-0.39, 0.29) is 73.2 Å². The minimum atomic E-state index is 0. The van der Waals surface area contributed by atoms with E-state index >= 15 is 0 Å². The summed E-state index contributed by atoms with van der Waals surface area (Å²) in [5, 5.41) is 0. The molecule has 0 fully saturated rings. The molecule has 0 spiro atoms. The van der Waals surface area contributed by atoms with Crippen LogP contribution in [0, 0.1) is 0 Å². The molecule has 0 amide bonds. The number of hydrogen-bond acceptors (Lipinski definition) is 0. The van der Waals surface area contributed by atoms with Crippen molar-refractivity contribution in [2.45, 2.75) is 0 Å². The van der Waals surface area contributed by atoms with Gasteiger partial charge in [-0.3, -0.25) is 4.70 Å². The first-order valence-corrected chi connectivity index (χ1v) is 0. The molecule has 0 aliphatic rings. The van der Waals surface area contributed by atoms with Crippen LogP contribution in [0.15, 0.2) is 0 Å². The summed E-state index contributed by atoms with van der Waals surface area (Å²) in [5.74, 6) is 0. The van der Waals surface area contributed by atoms with Crippen LogP contribution in [0.25, 0.3) is 0 Å². The normalized spacial score (nSPS) is 0. The molecule has 0 aliphatic carbocycles. The molecule has 0 unspecified atom stereocenters. The van der Waals surface area contributed by atoms with Crippen molar-refractivity contribution < 1.29 is 73.2 Å². The third-order valence-corrected chi connectivity index (χ3v) is 0. The Hall–Kier alpha value is 1.79. The average molecular weight is 104 g/mol. The van der Waals surface area contributed by atoms with Crippen LogP contribution in [0.4, 0.5) is 4.70 Å². The van der Waals surface area contributed by atoms with Crippen molar-refractivity contribution in [2.24, 2.45) is 0 Å². The predicted octanol–water partition coefficient (Wildman–Crippen LogP) is -11.8. The summed E-state index contributed by atoms with van der Waals surface area (Å²) < 4.78 is 0. The molecule has 0 bridgehead atoms. The molecule has 0 heterocycles. The van der Waals surface area contributed by atoms with Crippen LogP contribution in [0.5, 0.6) is 0 Å². The first-order valence-electron chi connectivity index (χ1n) is 0. The van der Waals surface area contributed by atoms with Gasteiger partial charge in [0.05, 0.1) is 0 Å². The Morgan fingerprint density at radius 1 is 0.600 bits per heavy atom. The third kappa shape index (κ3) is 26.0. The Morgan fingerprint density at radius 2 is 0.600 bits per heavy atom. The van der Waals surface area contributed by atoms with E-state index in [1.54, 1.807) is 0 Å². The molecule has 0 aromatic rings. The standard InChI is InChI=1S/3FH.2Na/h3*1H;;/q;;;2*+1/p-2.